The topological polar surface area (TPSA) is 87.3 Å². The molecule has 0 bridgehead atoms. The molecule has 2 aliphatic heterocycles. The fraction of sp³-hybridized carbons (Fsp3) is 0.500. The van der Waals surface area contributed by atoms with Crippen LogP contribution in [0, 0.1) is 5.82 Å². The molecule has 0 N–H and O–H groups in total. The zero-order chi connectivity index (χ0) is 24.7. The van der Waals surface area contributed by atoms with Crippen LogP contribution in [0.4, 0.5) is 4.39 Å². The molecule has 2 aliphatic rings. The summed E-state index contributed by atoms with van der Waals surface area (Å²) in [5.41, 5.74) is 4.18. The van der Waals surface area contributed by atoms with E-state index in [1.807, 2.05) is 24.9 Å². The lowest BCUT2D eigenvalue weighted by Gasteiger charge is -2.40. The Balaban J connectivity index is 1.51. The molecule has 0 radical (unpaired) electrons. The first-order valence-corrected chi connectivity index (χ1v) is 12.1. The van der Waals surface area contributed by atoms with Gasteiger partial charge in [-0.1, -0.05) is 0 Å². The molecular weight excluding hydrogens is 471 g/mol. The summed E-state index contributed by atoms with van der Waals surface area (Å²) in [6, 6.07) is 1.28. The fourth-order valence-corrected chi connectivity index (χ4v) is 5.18. The van der Waals surface area contributed by atoms with Crippen LogP contribution in [0.5, 0.6) is 5.88 Å². The van der Waals surface area contributed by atoms with E-state index in [0.29, 0.717) is 44.7 Å². The largest absolute Gasteiger partial charge is 0.479 e. The maximum Gasteiger partial charge on any atom is 0.250 e. The van der Waals surface area contributed by atoms with Crippen LogP contribution in [0.2, 0.25) is 0 Å². The van der Waals surface area contributed by atoms with Gasteiger partial charge in [-0.15, -0.1) is 0 Å². The summed E-state index contributed by atoms with van der Waals surface area (Å²) in [7, 11) is 3.21. The number of rotatable bonds is 5. The predicted molar refractivity (Wildman–Crippen MR) is 131 cm³/mol. The molecule has 3 aromatic rings. The summed E-state index contributed by atoms with van der Waals surface area (Å²) in [5.74, 6) is -0.511. The van der Waals surface area contributed by atoms with Crippen molar-refractivity contribution in [2.75, 3.05) is 33.9 Å². The molecule has 35 heavy (non-hydrogen) atoms. The molecule has 1 amide bonds. The lowest BCUT2D eigenvalue weighted by molar-refractivity contribution is -0.133. The van der Waals surface area contributed by atoms with Crippen LogP contribution in [0.15, 0.2) is 24.7 Å². The quantitative estimate of drug-likeness (QED) is 0.542. The van der Waals surface area contributed by atoms with Gasteiger partial charge in [0.1, 0.15) is 0 Å². The number of hydrogen-bond acceptors (Lipinski definition) is 7. The Morgan fingerprint density at radius 3 is 2.83 bits per heavy atom. The van der Waals surface area contributed by atoms with Crippen LogP contribution in [-0.2, 0) is 22.4 Å². The summed E-state index contributed by atoms with van der Waals surface area (Å²) in [5, 5.41) is 9.50. The number of carbonyl (C=O) groups excluding carboxylic acids is 1. The zero-order valence-corrected chi connectivity index (χ0v) is 21.0. The summed E-state index contributed by atoms with van der Waals surface area (Å²) < 4.78 is 28.2. The third-order valence-electron chi connectivity index (χ3n) is 7.11. The molecule has 0 spiro atoms. The number of hydrogen-bond donors (Lipinski definition) is 1. The van der Waals surface area contributed by atoms with Gasteiger partial charge in [-0.25, -0.2) is 14.1 Å². The smallest absolute Gasteiger partial charge is 0.250 e. The van der Waals surface area contributed by atoms with Crippen LogP contribution in [0.25, 0.3) is 16.9 Å². The molecule has 0 saturated carbocycles. The van der Waals surface area contributed by atoms with Gasteiger partial charge in [0.25, 0.3) is 0 Å². The van der Waals surface area contributed by atoms with Gasteiger partial charge in [-0.3, -0.25) is 9.48 Å². The van der Waals surface area contributed by atoms with Crippen molar-refractivity contribution in [2.45, 2.75) is 43.4 Å². The number of fused-ring (bicyclic) bond motifs is 1. The normalized spacial score (nSPS) is 21.5. The Morgan fingerprint density at radius 1 is 1.29 bits per heavy atom. The minimum absolute atomic E-state index is 0.0566. The van der Waals surface area contributed by atoms with Crippen LogP contribution in [0.3, 0.4) is 0 Å². The molecule has 2 atom stereocenters. The Bertz CT molecular complexity index is 1260. The lowest BCUT2D eigenvalue weighted by atomic mass is 9.89. The number of likely N-dealkylation sites (tertiary alicyclic amines) is 1. The van der Waals surface area contributed by atoms with E-state index in [2.05, 4.69) is 10.1 Å². The van der Waals surface area contributed by atoms with Gasteiger partial charge in [-0.2, -0.15) is 22.8 Å². The van der Waals surface area contributed by atoms with E-state index in [9.17, 15) is 9.18 Å². The standard InChI is InChI=1S/C24H29FN6O3S/c1-15(24(35)6-7-29(2)21(32)11-24)30-14-16(12-27-30)22-18-4-8-34-9-5-20(18)31(28-22)17-10-19(25)23(33-3)26-13-17/h10,12-15,35H,4-9,11H2,1-3H3. The van der Waals surface area contributed by atoms with Crippen molar-refractivity contribution >= 4 is 18.5 Å². The van der Waals surface area contributed by atoms with Gasteiger partial charge in [0.15, 0.2) is 5.82 Å². The number of pyridine rings is 1. The summed E-state index contributed by atoms with van der Waals surface area (Å²) in [6.45, 7) is 3.86. The van der Waals surface area contributed by atoms with Crippen molar-refractivity contribution in [3.05, 3.63) is 41.7 Å². The Kier molecular flexibility index (Phi) is 6.30. The highest BCUT2D eigenvalue weighted by Gasteiger charge is 2.40. The average Bonchev–Trinajstić information content (AvgIpc) is 3.39. The number of carbonyl (C=O) groups is 1. The first-order valence-electron chi connectivity index (χ1n) is 11.7. The van der Waals surface area contributed by atoms with E-state index >= 15 is 0 Å². The first-order chi connectivity index (χ1) is 16.8. The van der Waals surface area contributed by atoms with Crippen molar-refractivity contribution in [1.82, 2.24) is 29.4 Å². The van der Waals surface area contributed by atoms with Gasteiger partial charge in [0, 0.05) is 54.6 Å². The minimum Gasteiger partial charge on any atom is -0.479 e. The SMILES string of the molecule is COc1ncc(-n2nc(-c3cnn(C(C)C4(S)CCN(C)C(=O)C4)c3)c3c2CCOCC3)cc1F. The average molecular weight is 501 g/mol. The number of amides is 1. The molecular formula is C24H29FN6O3S. The second-order valence-corrected chi connectivity index (χ2v) is 10.1. The highest BCUT2D eigenvalue weighted by Crippen LogP contribution is 2.40. The molecule has 0 aromatic carbocycles. The van der Waals surface area contributed by atoms with Crippen LogP contribution < -0.4 is 4.74 Å². The van der Waals surface area contributed by atoms with Gasteiger partial charge < -0.3 is 14.4 Å². The number of ether oxygens (including phenoxy) is 2. The number of halogens is 1. The third-order valence-corrected chi connectivity index (χ3v) is 7.87. The van der Waals surface area contributed by atoms with Crippen LogP contribution in [-0.4, -0.2) is 74.0 Å². The third kappa shape index (κ3) is 4.31. The molecule has 186 valence electrons. The molecule has 5 rings (SSSR count). The minimum atomic E-state index is -0.547. The van der Waals surface area contributed by atoms with Gasteiger partial charge in [0.05, 0.1) is 55.8 Å². The number of piperidine rings is 1. The van der Waals surface area contributed by atoms with Crippen molar-refractivity contribution in [3.63, 3.8) is 0 Å². The molecule has 9 nitrogen and oxygen atoms in total. The molecule has 2 unspecified atom stereocenters. The summed E-state index contributed by atoms with van der Waals surface area (Å²) >= 11 is 4.93. The maximum absolute atomic E-state index is 14.4. The highest BCUT2D eigenvalue weighted by atomic mass is 32.1. The Hall–Kier alpha value is -2.92. The van der Waals surface area contributed by atoms with E-state index in [1.165, 1.54) is 13.2 Å². The van der Waals surface area contributed by atoms with E-state index in [4.69, 9.17) is 27.2 Å². The monoisotopic (exact) mass is 500 g/mol. The Morgan fingerprint density at radius 2 is 2.09 bits per heavy atom. The van der Waals surface area contributed by atoms with Crippen LogP contribution in [0.1, 0.15) is 37.1 Å². The van der Waals surface area contributed by atoms with Gasteiger partial charge >= 0.3 is 0 Å². The second kappa shape index (κ2) is 9.27. The predicted octanol–water partition coefficient (Wildman–Crippen LogP) is 2.88. The fourth-order valence-electron chi connectivity index (χ4n) is 4.82. The summed E-state index contributed by atoms with van der Waals surface area (Å²) in [4.78, 5) is 18.2. The number of methoxy groups -OCH3 is 1. The number of nitrogens with zero attached hydrogens (tertiary/aromatic N) is 6. The number of thiol groups is 1. The van der Waals surface area contributed by atoms with Gasteiger partial charge in [-0.05, 0) is 19.8 Å². The Labute approximate surface area is 208 Å². The molecule has 1 saturated heterocycles. The van der Waals surface area contributed by atoms with Crippen molar-refractivity contribution in [3.8, 4) is 22.8 Å². The number of aromatic nitrogens is 5. The molecule has 5 heterocycles. The zero-order valence-electron chi connectivity index (χ0n) is 20.1. The van der Waals surface area contributed by atoms with E-state index in [-0.39, 0.29) is 17.8 Å². The van der Waals surface area contributed by atoms with E-state index in [0.717, 1.165) is 28.9 Å². The molecule has 0 aliphatic carbocycles. The van der Waals surface area contributed by atoms with Gasteiger partial charge in [0.2, 0.25) is 11.8 Å². The van der Waals surface area contributed by atoms with Crippen LogP contribution >= 0.6 is 12.6 Å². The summed E-state index contributed by atoms with van der Waals surface area (Å²) in [6.07, 6.45) is 7.78. The highest BCUT2D eigenvalue weighted by molar-refractivity contribution is 7.81. The van der Waals surface area contributed by atoms with Crippen molar-refractivity contribution in [1.29, 1.82) is 0 Å². The lowest BCUT2D eigenvalue weighted by Crippen LogP contribution is -2.47. The van der Waals surface area contributed by atoms with E-state index in [1.54, 1.807) is 22.0 Å². The van der Waals surface area contributed by atoms with E-state index < -0.39 is 10.6 Å². The molecule has 1 fully saturated rings. The van der Waals surface area contributed by atoms with Crippen molar-refractivity contribution in [2.24, 2.45) is 0 Å². The molecule has 3 aromatic heterocycles. The maximum atomic E-state index is 14.4. The second-order valence-electron chi connectivity index (χ2n) is 9.21. The molecule has 11 heteroatoms. The first kappa shape index (κ1) is 23.8. The van der Waals surface area contributed by atoms with Crippen molar-refractivity contribution < 1.29 is 18.7 Å².